The van der Waals surface area contributed by atoms with Crippen LogP contribution in [0.15, 0.2) is 27.9 Å². The second-order valence-electron chi connectivity index (χ2n) is 6.52. The van der Waals surface area contributed by atoms with Crippen LogP contribution in [0.5, 0.6) is 0 Å². The fourth-order valence-electron chi connectivity index (χ4n) is 3.10. The van der Waals surface area contributed by atoms with Crippen molar-refractivity contribution in [2.75, 3.05) is 0 Å². The van der Waals surface area contributed by atoms with Crippen molar-refractivity contribution < 1.29 is 8.91 Å². The number of halogens is 1. The quantitative estimate of drug-likeness (QED) is 0.621. The van der Waals surface area contributed by atoms with E-state index in [9.17, 15) is 4.39 Å². The summed E-state index contributed by atoms with van der Waals surface area (Å²) in [5, 5.41) is 16.7. The van der Waals surface area contributed by atoms with Crippen molar-refractivity contribution in [1.82, 2.24) is 30.3 Å². The molecular formula is C17H19FN6OS. The molecule has 7 nitrogen and oxygen atoms in total. The number of thioether (sulfide) groups is 1. The number of aryl methyl sites for hydroxylation is 1. The summed E-state index contributed by atoms with van der Waals surface area (Å²) in [5.74, 6) is 0.556. The predicted molar refractivity (Wildman–Crippen MR) is 94.0 cm³/mol. The molecule has 0 bridgehead atoms. The molecule has 136 valence electrons. The minimum absolute atomic E-state index is 0.113. The van der Waals surface area contributed by atoms with Crippen molar-refractivity contribution in [3.8, 4) is 11.4 Å². The predicted octanol–water partition coefficient (Wildman–Crippen LogP) is 4.14. The lowest BCUT2D eigenvalue weighted by Crippen LogP contribution is -2.08. The molecule has 0 amide bonds. The number of tetrazole rings is 1. The molecule has 1 aromatic carbocycles. The van der Waals surface area contributed by atoms with Crippen LogP contribution in [0.2, 0.25) is 0 Å². The van der Waals surface area contributed by atoms with Crippen LogP contribution in [-0.4, -0.2) is 30.3 Å². The van der Waals surface area contributed by atoms with E-state index in [-0.39, 0.29) is 11.1 Å². The number of benzene rings is 1. The van der Waals surface area contributed by atoms with Gasteiger partial charge in [0.15, 0.2) is 0 Å². The number of hydrogen-bond acceptors (Lipinski definition) is 7. The maximum absolute atomic E-state index is 13.8. The van der Waals surface area contributed by atoms with Gasteiger partial charge < -0.3 is 4.52 Å². The van der Waals surface area contributed by atoms with E-state index in [2.05, 4.69) is 25.7 Å². The second kappa shape index (κ2) is 7.14. The second-order valence-corrected chi connectivity index (χ2v) is 7.83. The van der Waals surface area contributed by atoms with Gasteiger partial charge in [0.25, 0.3) is 0 Å². The summed E-state index contributed by atoms with van der Waals surface area (Å²) in [5.41, 5.74) is 1.18. The Morgan fingerprint density at radius 3 is 2.88 bits per heavy atom. The van der Waals surface area contributed by atoms with Crippen molar-refractivity contribution in [2.24, 2.45) is 0 Å². The Hall–Kier alpha value is -2.29. The molecule has 0 saturated heterocycles. The Bertz CT molecular complexity index is 904. The molecule has 2 heterocycles. The van der Waals surface area contributed by atoms with Crippen LogP contribution in [0.25, 0.3) is 11.4 Å². The summed E-state index contributed by atoms with van der Waals surface area (Å²) >= 11 is 1.49. The molecule has 0 aliphatic heterocycles. The molecule has 3 aromatic rings. The van der Waals surface area contributed by atoms with Crippen molar-refractivity contribution >= 4 is 11.8 Å². The van der Waals surface area contributed by atoms with E-state index in [1.54, 1.807) is 19.1 Å². The molecular weight excluding hydrogens is 355 g/mol. The Morgan fingerprint density at radius 1 is 1.31 bits per heavy atom. The van der Waals surface area contributed by atoms with Gasteiger partial charge >= 0.3 is 0 Å². The van der Waals surface area contributed by atoms with Crippen molar-refractivity contribution in [3.63, 3.8) is 0 Å². The summed E-state index contributed by atoms with van der Waals surface area (Å²) in [6.07, 6.45) is 4.64. The third-order valence-electron chi connectivity index (χ3n) is 4.63. The van der Waals surface area contributed by atoms with Gasteiger partial charge in [0, 0.05) is 5.56 Å². The molecule has 0 N–H and O–H groups in total. The third-order valence-corrected chi connectivity index (χ3v) is 5.67. The minimum Gasteiger partial charge on any atom is -0.338 e. The van der Waals surface area contributed by atoms with E-state index in [1.165, 1.54) is 30.7 Å². The average Bonchev–Trinajstić information content (AvgIpc) is 3.38. The lowest BCUT2D eigenvalue weighted by atomic mass is 10.1. The smallest absolute Gasteiger partial charge is 0.240 e. The topological polar surface area (TPSA) is 82.5 Å². The summed E-state index contributed by atoms with van der Waals surface area (Å²) in [6.45, 7) is 3.68. The lowest BCUT2D eigenvalue weighted by molar-refractivity contribution is 0.380. The normalized spacial score (nSPS) is 16.3. The SMILES string of the molecule is Cc1ccc(-c2noc(C(C)Sc3nnnn3C3CCCC3)n2)cc1F. The molecule has 1 aliphatic rings. The average molecular weight is 374 g/mol. The molecule has 9 heteroatoms. The molecule has 1 fully saturated rings. The summed E-state index contributed by atoms with van der Waals surface area (Å²) < 4.78 is 21.0. The third kappa shape index (κ3) is 3.35. The van der Waals surface area contributed by atoms with E-state index >= 15 is 0 Å². The molecule has 26 heavy (non-hydrogen) atoms. The number of rotatable bonds is 5. The van der Waals surface area contributed by atoms with Crippen LogP contribution < -0.4 is 0 Å². The van der Waals surface area contributed by atoms with Gasteiger partial charge in [-0.05, 0) is 48.7 Å². The largest absolute Gasteiger partial charge is 0.338 e. The highest BCUT2D eigenvalue weighted by Gasteiger charge is 2.25. The molecule has 0 radical (unpaired) electrons. The Morgan fingerprint density at radius 2 is 2.12 bits per heavy atom. The highest BCUT2D eigenvalue weighted by Crippen LogP contribution is 2.37. The van der Waals surface area contributed by atoms with Crippen LogP contribution >= 0.6 is 11.8 Å². The maximum atomic E-state index is 13.8. The summed E-state index contributed by atoms with van der Waals surface area (Å²) in [4.78, 5) is 4.42. The van der Waals surface area contributed by atoms with E-state index in [0.29, 0.717) is 28.9 Å². The van der Waals surface area contributed by atoms with Gasteiger partial charge in [0.1, 0.15) is 5.82 Å². The first-order valence-electron chi connectivity index (χ1n) is 8.66. The van der Waals surface area contributed by atoms with Crippen LogP contribution in [-0.2, 0) is 0 Å². The highest BCUT2D eigenvalue weighted by molar-refractivity contribution is 7.99. The van der Waals surface area contributed by atoms with Gasteiger partial charge in [-0.25, -0.2) is 9.07 Å². The Kier molecular flexibility index (Phi) is 4.71. The fraction of sp³-hybridized carbons (Fsp3) is 0.471. The van der Waals surface area contributed by atoms with E-state index < -0.39 is 0 Å². The number of nitrogens with zero attached hydrogens (tertiary/aromatic N) is 6. The molecule has 1 aliphatic carbocycles. The first-order chi connectivity index (χ1) is 12.6. The molecule has 1 atom stereocenters. The van der Waals surface area contributed by atoms with Gasteiger partial charge in [-0.1, -0.05) is 41.9 Å². The van der Waals surface area contributed by atoms with Crippen LogP contribution in [0.4, 0.5) is 4.39 Å². The zero-order valence-electron chi connectivity index (χ0n) is 14.6. The lowest BCUT2D eigenvalue weighted by Gasteiger charge is -2.12. The number of aromatic nitrogens is 6. The summed E-state index contributed by atoms with van der Waals surface area (Å²) in [6, 6.07) is 5.27. The van der Waals surface area contributed by atoms with Crippen molar-refractivity contribution in [1.29, 1.82) is 0 Å². The van der Waals surface area contributed by atoms with Crippen molar-refractivity contribution in [2.45, 2.75) is 56.0 Å². The van der Waals surface area contributed by atoms with Gasteiger partial charge in [-0.15, -0.1) is 5.10 Å². The molecule has 4 rings (SSSR count). The zero-order chi connectivity index (χ0) is 18.1. The van der Waals surface area contributed by atoms with E-state index in [4.69, 9.17) is 4.52 Å². The first kappa shape index (κ1) is 17.1. The zero-order valence-corrected chi connectivity index (χ0v) is 15.4. The Balaban J connectivity index is 1.51. The van der Waals surface area contributed by atoms with Gasteiger partial charge in [-0.2, -0.15) is 4.98 Å². The molecule has 1 unspecified atom stereocenters. The van der Waals surface area contributed by atoms with Crippen LogP contribution in [0.3, 0.4) is 0 Å². The highest BCUT2D eigenvalue weighted by atomic mass is 32.2. The molecule has 0 spiro atoms. The monoisotopic (exact) mass is 374 g/mol. The van der Waals surface area contributed by atoms with E-state index in [1.807, 2.05) is 11.6 Å². The minimum atomic E-state index is -0.285. The standard InChI is InChI=1S/C17H19FN6OS/c1-10-7-8-12(9-14(10)18)15-19-16(25-21-15)11(2)26-17-20-22-23-24(17)13-5-3-4-6-13/h7-9,11,13H,3-6H2,1-2H3. The van der Waals surface area contributed by atoms with Crippen molar-refractivity contribution in [3.05, 3.63) is 35.5 Å². The van der Waals surface area contributed by atoms with E-state index in [0.717, 1.165) is 18.0 Å². The van der Waals surface area contributed by atoms with Crippen LogP contribution in [0.1, 0.15) is 55.4 Å². The molecule has 2 aromatic heterocycles. The van der Waals surface area contributed by atoms with Crippen LogP contribution in [0, 0.1) is 12.7 Å². The van der Waals surface area contributed by atoms with Gasteiger partial charge in [0.2, 0.25) is 16.9 Å². The number of hydrogen-bond donors (Lipinski definition) is 0. The van der Waals surface area contributed by atoms with Gasteiger partial charge in [-0.3, -0.25) is 0 Å². The maximum Gasteiger partial charge on any atom is 0.240 e. The molecule has 1 saturated carbocycles. The Labute approximate surface area is 154 Å². The summed E-state index contributed by atoms with van der Waals surface area (Å²) in [7, 11) is 0. The van der Waals surface area contributed by atoms with Gasteiger partial charge in [0.05, 0.1) is 11.3 Å². The first-order valence-corrected chi connectivity index (χ1v) is 9.54. The fourth-order valence-corrected chi connectivity index (χ4v) is 3.99.